The second kappa shape index (κ2) is 2.54. The Balaban J connectivity index is 1.74. The Bertz CT molecular complexity index is 285. The summed E-state index contributed by atoms with van der Waals surface area (Å²) in [6.07, 6.45) is 3.51. The van der Waals surface area contributed by atoms with Gasteiger partial charge in [-0.05, 0) is 37.8 Å². The number of hydrogen-bond donors (Lipinski definition) is 1. The second-order valence-electron chi connectivity index (χ2n) is 4.15. The smallest absolute Gasteiger partial charge is 0.0722 e. The molecule has 1 N–H and O–H groups in total. The van der Waals surface area contributed by atoms with Crippen LogP contribution in [0.1, 0.15) is 13.0 Å². The first kappa shape index (κ1) is 7.50. The number of fused-ring (bicyclic) bond motifs is 1. The molecule has 2 aliphatic rings. The summed E-state index contributed by atoms with van der Waals surface area (Å²) in [4.78, 5) is 1.85. The summed E-state index contributed by atoms with van der Waals surface area (Å²) in [7, 11) is 0. The van der Waals surface area contributed by atoms with Crippen molar-refractivity contribution in [3.8, 4) is 0 Å². The van der Waals surface area contributed by atoms with E-state index in [-0.39, 0.29) is 0 Å². The SMILES string of the molecule is CC([C@H]1[C@@H]2CNC[C@@H]21)n1nccn1. The van der Waals surface area contributed by atoms with Crippen LogP contribution in [0.3, 0.4) is 0 Å². The maximum atomic E-state index is 4.19. The molecule has 13 heavy (non-hydrogen) atoms. The first-order valence-corrected chi connectivity index (χ1v) is 4.94. The molecule has 0 amide bonds. The molecule has 0 bridgehead atoms. The highest BCUT2D eigenvalue weighted by Gasteiger charge is 2.55. The van der Waals surface area contributed by atoms with Gasteiger partial charge in [-0.1, -0.05) is 0 Å². The number of aromatic nitrogens is 3. The summed E-state index contributed by atoms with van der Waals surface area (Å²) in [5, 5.41) is 11.8. The summed E-state index contributed by atoms with van der Waals surface area (Å²) < 4.78 is 0. The van der Waals surface area contributed by atoms with Crippen molar-refractivity contribution >= 4 is 0 Å². The zero-order valence-electron chi connectivity index (χ0n) is 7.72. The quantitative estimate of drug-likeness (QED) is 0.708. The van der Waals surface area contributed by atoms with E-state index >= 15 is 0 Å². The first-order chi connectivity index (χ1) is 6.38. The Hall–Kier alpha value is -0.900. The normalized spacial score (nSPS) is 38.7. The van der Waals surface area contributed by atoms with E-state index in [9.17, 15) is 0 Å². The van der Waals surface area contributed by atoms with Crippen LogP contribution in [0, 0.1) is 17.8 Å². The van der Waals surface area contributed by atoms with E-state index in [1.165, 1.54) is 13.1 Å². The standard InChI is InChI=1S/C9H14N4/c1-6(13-11-2-3-12-13)9-7-4-10-5-8(7)9/h2-3,6-10H,4-5H2,1H3/t6?,7-,8+,9+. The van der Waals surface area contributed by atoms with Crippen molar-refractivity contribution in [2.75, 3.05) is 13.1 Å². The monoisotopic (exact) mass is 178 g/mol. The number of nitrogens with one attached hydrogen (secondary N) is 1. The van der Waals surface area contributed by atoms with Crippen molar-refractivity contribution in [2.24, 2.45) is 17.8 Å². The predicted octanol–water partition coefficient (Wildman–Crippen LogP) is 0.304. The Morgan fingerprint density at radius 3 is 2.54 bits per heavy atom. The zero-order chi connectivity index (χ0) is 8.84. The highest BCUT2D eigenvalue weighted by molar-refractivity contribution is 5.06. The second-order valence-corrected chi connectivity index (χ2v) is 4.15. The Morgan fingerprint density at radius 1 is 1.31 bits per heavy atom. The fourth-order valence-electron chi connectivity index (χ4n) is 2.77. The Labute approximate surface area is 77.3 Å². The Morgan fingerprint density at radius 2 is 1.92 bits per heavy atom. The summed E-state index contributed by atoms with van der Waals surface area (Å²) in [6, 6.07) is 0.479. The lowest BCUT2D eigenvalue weighted by atomic mass is 10.1. The van der Waals surface area contributed by atoms with Gasteiger partial charge >= 0.3 is 0 Å². The molecule has 1 aliphatic carbocycles. The molecule has 1 aliphatic heterocycles. The van der Waals surface area contributed by atoms with Crippen LogP contribution >= 0.6 is 0 Å². The van der Waals surface area contributed by atoms with Gasteiger partial charge in [0.05, 0.1) is 18.4 Å². The molecule has 3 rings (SSSR count). The topological polar surface area (TPSA) is 42.7 Å². The highest BCUT2D eigenvalue weighted by atomic mass is 15.5. The zero-order valence-corrected chi connectivity index (χ0v) is 7.72. The number of nitrogens with zero attached hydrogens (tertiary/aromatic N) is 3. The van der Waals surface area contributed by atoms with Gasteiger partial charge in [0, 0.05) is 0 Å². The van der Waals surface area contributed by atoms with Crippen molar-refractivity contribution in [1.82, 2.24) is 20.3 Å². The van der Waals surface area contributed by atoms with Crippen molar-refractivity contribution in [3.05, 3.63) is 12.4 Å². The molecular formula is C9H14N4. The summed E-state index contributed by atoms with van der Waals surface area (Å²) in [5.41, 5.74) is 0. The van der Waals surface area contributed by atoms with Crippen LogP contribution in [0.2, 0.25) is 0 Å². The molecule has 1 aromatic rings. The molecule has 2 heterocycles. The maximum absolute atomic E-state index is 4.19. The summed E-state index contributed by atoms with van der Waals surface area (Å²) in [5.74, 6) is 2.59. The molecular weight excluding hydrogens is 164 g/mol. The van der Waals surface area contributed by atoms with Gasteiger partial charge in [-0.3, -0.25) is 0 Å². The molecule has 4 nitrogen and oxygen atoms in total. The van der Waals surface area contributed by atoms with Crippen molar-refractivity contribution in [2.45, 2.75) is 13.0 Å². The van der Waals surface area contributed by atoms with Crippen LogP contribution in [-0.2, 0) is 0 Å². The van der Waals surface area contributed by atoms with Crippen LogP contribution in [-0.4, -0.2) is 28.1 Å². The summed E-state index contributed by atoms with van der Waals surface area (Å²) >= 11 is 0. The molecule has 0 spiro atoms. The van der Waals surface area contributed by atoms with E-state index in [0.29, 0.717) is 6.04 Å². The number of rotatable bonds is 2. The highest BCUT2D eigenvalue weighted by Crippen LogP contribution is 2.54. The molecule has 70 valence electrons. The van der Waals surface area contributed by atoms with Gasteiger partial charge < -0.3 is 5.32 Å². The van der Waals surface area contributed by atoms with Crippen LogP contribution in [0.4, 0.5) is 0 Å². The molecule has 0 aromatic carbocycles. The first-order valence-electron chi connectivity index (χ1n) is 4.94. The van der Waals surface area contributed by atoms with Crippen molar-refractivity contribution in [3.63, 3.8) is 0 Å². The minimum Gasteiger partial charge on any atom is -0.316 e. The van der Waals surface area contributed by atoms with E-state index in [1.807, 2.05) is 4.80 Å². The van der Waals surface area contributed by atoms with Crippen LogP contribution in [0.25, 0.3) is 0 Å². The van der Waals surface area contributed by atoms with Crippen molar-refractivity contribution in [1.29, 1.82) is 0 Å². The fourth-order valence-corrected chi connectivity index (χ4v) is 2.77. The average molecular weight is 178 g/mol. The van der Waals surface area contributed by atoms with E-state index in [1.54, 1.807) is 12.4 Å². The maximum Gasteiger partial charge on any atom is 0.0722 e. The van der Waals surface area contributed by atoms with Crippen LogP contribution in [0.15, 0.2) is 12.4 Å². The van der Waals surface area contributed by atoms with Gasteiger partial charge in [0.2, 0.25) is 0 Å². The molecule has 1 saturated heterocycles. The van der Waals surface area contributed by atoms with Crippen LogP contribution in [0.5, 0.6) is 0 Å². The lowest BCUT2D eigenvalue weighted by molar-refractivity contribution is 0.352. The molecule has 1 unspecified atom stereocenters. The van der Waals surface area contributed by atoms with Crippen molar-refractivity contribution < 1.29 is 0 Å². The lowest BCUT2D eigenvalue weighted by Crippen LogP contribution is -2.20. The minimum absolute atomic E-state index is 0.479. The van der Waals surface area contributed by atoms with E-state index < -0.39 is 0 Å². The minimum atomic E-state index is 0.479. The molecule has 4 heteroatoms. The molecule has 1 aromatic heterocycles. The third-order valence-electron chi connectivity index (χ3n) is 3.52. The van der Waals surface area contributed by atoms with E-state index in [2.05, 4.69) is 22.4 Å². The summed E-state index contributed by atoms with van der Waals surface area (Å²) in [6.45, 7) is 4.62. The number of piperidine rings is 1. The Kier molecular flexibility index (Phi) is 1.47. The fraction of sp³-hybridized carbons (Fsp3) is 0.778. The van der Waals surface area contributed by atoms with Gasteiger partial charge in [-0.15, -0.1) is 0 Å². The largest absolute Gasteiger partial charge is 0.316 e. The molecule has 0 radical (unpaired) electrons. The average Bonchev–Trinajstić information content (AvgIpc) is 2.68. The predicted molar refractivity (Wildman–Crippen MR) is 48.1 cm³/mol. The molecule has 2 fully saturated rings. The third kappa shape index (κ3) is 1.01. The van der Waals surface area contributed by atoms with Crippen LogP contribution < -0.4 is 5.32 Å². The molecule has 1 saturated carbocycles. The third-order valence-corrected chi connectivity index (χ3v) is 3.52. The van der Waals surface area contributed by atoms with Gasteiger partial charge in [-0.25, -0.2) is 0 Å². The van der Waals surface area contributed by atoms with Gasteiger partial charge in [0.1, 0.15) is 0 Å². The van der Waals surface area contributed by atoms with E-state index in [0.717, 1.165) is 17.8 Å². The lowest BCUT2D eigenvalue weighted by Gasteiger charge is -2.12. The van der Waals surface area contributed by atoms with Gasteiger partial charge in [0.15, 0.2) is 0 Å². The van der Waals surface area contributed by atoms with Gasteiger partial charge in [-0.2, -0.15) is 15.0 Å². The van der Waals surface area contributed by atoms with Gasteiger partial charge in [0.25, 0.3) is 0 Å². The number of hydrogen-bond acceptors (Lipinski definition) is 3. The van der Waals surface area contributed by atoms with E-state index in [4.69, 9.17) is 0 Å². The molecule has 4 atom stereocenters.